The van der Waals surface area contributed by atoms with Crippen molar-refractivity contribution in [3.05, 3.63) is 65.2 Å². The lowest BCUT2D eigenvalue weighted by Gasteiger charge is -2.21. The Morgan fingerprint density at radius 1 is 1.12 bits per heavy atom. The predicted octanol–water partition coefficient (Wildman–Crippen LogP) is 4.38. The maximum absolute atomic E-state index is 13.2. The fraction of sp³-hybridized carbons (Fsp3) is 0.200. The highest BCUT2D eigenvalue weighted by atomic mass is 32.1. The van der Waals surface area contributed by atoms with Gasteiger partial charge >= 0.3 is 0 Å². The van der Waals surface area contributed by atoms with Crippen LogP contribution in [0.2, 0.25) is 0 Å². The molecule has 0 unspecified atom stereocenters. The van der Waals surface area contributed by atoms with Crippen molar-refractivity contribution in [1.82, 2.24) is 4.98 Å². The van der Waals surface area contributed by atoms with Gasteiger partial charge in [0.15, 0.2) is 5.13 Å². The van der Waals surface area contributed by atoms with E-state index in [-0.39, 0.29) is 12.3 Å². The van der Waals surface area contributed by atoms with E-state index >= 15 is 0 Å². The summed E-state index contributed by atoms with van der Waals surface area (Å²) >= 11 is 1.45. The number of carbonyl (C=O) groups excluding carboxylic acids is 1. The van der Waals surface area contributed by atoms with Crippen molar-refractivity contribution in [2.45, 2.75) is 13.3 Å². The Labute approximate surface area is 156 Å². The molecular weight excluding hydrogens is 348 g/mol. The zero-order chi connectivity index (χ0) is 18.5. The van der Waals surface area contributed by atoms with E-state index in [0.29, 0.717) is 16.6 Å². The molecule has 5 nitrogen and oxygen atoms in total. The smallest absolute Gasteiger partial charge is 0.237 e. The number of carbonyl (C=O) groups is 1. The molecule has 0 aliphatic heterocycles. The minimum Gasteiger partial charge on any atom is -0.497 e. The van der Waals surface area contributed by atoms with E-state index in [0.717, 1.165) is 16.9 Å². The first-order valence-corrected chi connectivity index (χ1v) is 9.01. The second-order valence-electron chi connectivity index (χ2n) is 5.69. The minimum atomic E-state index is -0.0860. The number of benzene rings is 2. The van der Waals surface area contributed by atoms with Gasteiger partial charge in [0.05, 0.1) is 32.0 Å². The number of hydrogen-bond acceptors (Lipinski definition) is 5. The summed E-state index contributed by atoms with van der Waals surface area (Å²) in [6, 6.07) is 15.0. The van der Waals surface area contributed by atoms with E-state index < -0.39 is 0 Å². The molecule has 3 aromatic rings. The molecule has 0 aliphatic rings. The number of para-hydroxylation sites is 1. The second kappa shape index (κ2) is 8.01. The standard InChI is InChI=1S/C20H20N2O3S/c1-14-13-26-20(21-14)22(16-7-5-4-6-8-16)19(23)12-15-11-17(24-2)9-10-18(15)25-3/h4-11,13H,12H2,1-3H3. The van der Waals surface area contributed by atoms with E-state index in [1.165, 1.54) is 11.3 Å². The van der Waals surface area contributed by atoms with E-state index in [1.54, 1.807) is 19.1 Å². The minimum absolute atomic E-state index is 0.0860. The van der Waals surface area contributed by atoms with Gasteiger partial charge in [-0.3, -0.25) is 9.69 Å². The number of methoxy groups -OCH3 is 2. The van der Waals surface area contributed by atoms with Crippen LogP contribution in [0.4, 0.5) is 10.8 Å². The van der Waals surface area contributed by atoms with Crippen molar-refractivity contribution in [2.75, 3.05) is 19.1 Å². The highest BCUT2D eigenvalue weighted by Gasteiger charge is 2.22. The van der Waals surface area contributed by atoms with Crippen LogP contribution in [0.1, 0.15) is 11.3 Å². The first-order valence-electron chi connectivity index (χ1n) is 8.13. The Morgan fingerprint density at radius 3 is 2.50 bits per heavy atom. The number of thiazole rings is 1. The van der Waals surface area contributed by atoms with Crippen molar-refractivity contribution < 1.29 is 14.3 Å². The number of anilines is 2. The highest BCUT2D eigenvalue weighted by molar-refractivity contribution is 7.14. The fourth-order valence-corrected chi connectivity index (χ4v) is 3.48. The van der Waals surface area contributed by atoms with Gasteiger partial charge in [0.1, 0.15) is 11.5 Å². The Bertz CT molecular complexity index is 893. The van der Waals surface area contributed by atoms with Gasteiger partial charge in [-0.05, 0) is 37.3 Å². The molecule has 0 atom stereocenters. The molecule has 3 rings (SSSR count). The van der Waals surface area contributed by atoms with Gasteiger partial charge in [0.2, 0.25) is 5.91 Å². The third kappa shape index (κ3) is 3.86. The van der Waals surface area contributed by atoms with E-state index in [9.17, 15) is 4.79 Å². The van der Waals surface area contributed by atoms with Crippen LogP contribution in [0.15, 0.2) is 53.9 Å². The molecule has 2 aromatic carbocycles. The van der Waals surface area contributed by atoms with Gasteiger partial charge < -0.3 is 9.47 Å². The zero-order valence-electron chi connectivity index (χ0n) is 14.9. The van der Waals surface area contributed by atoms with Crippen LogP contribution in [0.25, 0.3) is 0 Å². The summed E-state index contributed by atoms with van der Waals surface area (Å²) in [7, 11) is 3.19. The van der Waals surface area contributed by atoms with Gasteiger partial charge in [-0.25, -0.2) is 4.98 Å². The number of nitrogens with zero attached hydrogens (tertiary/aromatic N) is 2. The van der Waals surface area contributed by atoms with Crippen LogP contribution >= 0.6 is 11.3 Å². The molecule has 26 heavy (non-hydrogen) atoms. The van der Waals surface area contributed by atoms with Crippen molar-refractivity contribution in [3.8, 4) is 11.5 Å². The SMILES string of the molecule is COc1ccc(OC)c(CC(=O)N(c2ccccc2)c2nc(C)cs2)c1. The van der Waals surface area contributed by atoms with E-state index in [2.05, 4.69) is 4.98 Å². The molecule has 0 bridgehead atoms. The molecule has 0 radical (unpaired) electrons. The molecular formula is C20H20N2O3S. The van der Waals surface area contributed by atoms with E-state index in [4.69, 9.17) is 9.47 Å². The van der Waals surface area contributed by atoms with Crippen LogP contribution in [0.5, 0.6) is 11.5 Å². The molecule has 0 aliphatic carbocycles. The van der Waals surface area contributed by atoms with Crippen molar-refractivity contribution in [2.24, 2.45) is 0 Å². The summed E-state index contributed by atoms with van der Waals surface area (Å²) < 4.78 is 10.7. The molecule has 0 fully saturated rings. The fourth-order valence-electron chi connectivity index (χ4n) is 2.64. The molecule has 1 heterocycles. The summed E-state index contributed by atoms with van der Waals surface area (Å²) in [6.07, 6.45) is 0.174. The lowest BCUT2D eigenvalue weighted by molar-refractivity contribution is -0.117. The summed E-state index contributed by atoms with van der Waals surface area (Å²) in [4.78, 5) is 19.3. The third-order valence-electron chi connectivity index (χ3n) is 3.89. The Morgan fingerprint density at radius 2 is 1.88 bits per heavy atom. The maximum Gasteiger partial charge on any atom is 0.237 e. The monoisotopic (exact) mass is 368 g/mol. The number of aryl methyl sites for hydroxylation is 1. The number of ether oxygens (including phenoxy) is 2. The molecule has 0 saturated heterocycles. The van der Waals surface area contributed by atoms with E-state index in [1.807, 2.05) is 60.8 Å². The summed E-state index contributed by atoms with van der Waals surface area (Å²) in [6.45, 7) is 1.92. The van der Waals surface area contributed by atoms with Crippen LogP contribution in [0, 0.1) is 6.92 Å². The van der Waals surface area contributed by atoms with Crippen molar-refractivity contribution in [1.29, 1.82) is 0 Å². The third-order valence-corrected chi connectivity index (χ3v) is 4.83. The van der Waals surface area contributed by atoms with Crippen LogP contribution < -0.4 is 14.4 Å². The quantitative estimate of drug-likeness (QED) is 0.648. The number of rotatable bonds is 6. The second-order valence-corrected chi connectivity index (χ2v) is 6.53. The average molecular weight is 368 g/mol. The molecule has 1 aromatic heterocycles. The average Bonchev–Trinajstić information content (AvgIpc) is 3.08. The molecule has 134 valence electrons. The normalized spacial score (nSPS) is 10.4. The Kier molecular flexibility index (Phi) is 5.53. The van der Waals surface area contributed by atoms with Gasteiger partial charge in [-0.15, -0.1) is 11.3 Å². The largest absolute Gasteiger partial charge is 0.497 e. The Balaban J connectivity index is 1.96. The number of aromatic nitrogens is 1. The number of amides is 1. The van der Waals surface area contributed by atoms with Gasteiger partial charge in [-0.2, -0.15) is 0 Å². The van der Waals surface area contributed by atoms with Crippen molar-refractivity contribution >= 4 is 28.1 Å². The van der Waals surface area contributed by atoms with Crippen LogP contribution in [0.3, 0.4) is 0 Å². The molecule has 0 N–H and O–H groups in total. The lowest BCUT2D eigenvalue weighted by atomic mass is 10.1. The zero-order valence-corrected chi connectivity index (χ0v) is 15.7. The molecule has 0 saturated carbocycles. The molecule has 1 amide bonds. The maximum atomic E-state index is 13.2. The van der Waals surface area contributed by atoms with Gasteiger partial charge in [0.25, 0.3) is 0 Å². The van der Waals surface area contributed by atoms with Gasteiger partial charge in [0, 0.05) is 10.9 Å². The number of hydrogen-bond donors (Lipinski definition) is 0. The molecule has 0 spiro atoms. The summed E-state index contributed by atoms with van der Waals surface area (Å²) in [5.41, 5.74) is 2.44. The molecule has 6 heteroatoms. The van der Waals surface area contributed by atoms with Crippen LogP contribution in [-0.4, -0.2) is 25.1 Å². The summed E-state index contributed by atoms with van der Waals surface area (Å²) in [5, 5.41) is 2.59. The first kappa shape index (κ1) is 17.9. The van der Waals surface area contributed by atoms with Crippen LogP contribution in [-0.2, 0) is 11.2 Å². The Hall–Kier alpha value is -2.86. The lowest BCUT2D eigenvalue weighted by Crippen LogP contribution is -2.27. The van der Waals surface area contributed by atoms with Crippen molar-refractivity contribution in [3.63, 3.8) is 0 Å². The predicted molar refractivity (Wildman–Crippen MR) is 104 cm³/mol. The highest BCUT2D eigenvalue weighted by Crippen LogP contribution is 2.31. The summed E-state index contributed by atoms with van der Waals surface area (Å²) in [5.74, 6) is 1.25. The topological polar surface area (TPSA) is 51.7 Å². The first-order chi connectivity index (χ1) is 12.6. The van der Waals surface area contributed by atoms with Gasteiger partial charge in [-0.1, -0.05) is 18.2 Å².